The standard InChI is InChI=1S/C8H8ClN3O2/c9-7-2-1-6(14-7)3-10-4-8-11-5-13-12-8/h1-2,5,10H,3-4H2. The zero-order valence-corrected chi connectivity index (χ0v) is 7.99. The van der Waals surface area contributed by atoms with E-state index in [-0.39, 0.29) is 0 Å². The van der Waals surface area contributed by atoms with Gasteiger partial charge in [-0.15, -0.1) is 0 Å². The van der Waals surface area contributed by atoms with E-state index in [1.54, 1.807) is 6.07 Å². The molecular weight excluding hydrogens is 206 g/mol. The maximum absolute atomic E-state index is 5.60. The number of hydrogen-bond acceptors (Lipinski definition) is 5. The van der Waals surface area contributed by atoms with E-state index >= 15 is 0 Å². The molecule has 2 heterocycles. The number of halogens is 1. The van der Waals surface area contributed by atoms with Gasteiger partial charge in [-0.3, -0.25) is 0 Å². The van der Waals surface area contributed by atoms with E-state index in [1.165, 1.54) is 6.39 Å². The molecule has 2 rings (SSSR count). The van der Waals surface area contributed by atoms with Crippen LogP contribution in [0, 0.1) is 0 Å². The minimum absolute atomic E-state index is 0.390. The van der Waals surface area contributed by atoms with E-state index in [0.717, 1.165) is 5.76 Å². The van der Waals surface area contributed by atoms with Crippen LogP contribution in [0.2, 0.25) is 5.22 Å². The van der Waals surface area contributed by atoms with Crippen LogP contribution in [-0.2, 0) is 13.1 Å². The van der Waals surface area contributed by atoms with Crippen LogP contribution in [0.1, 0.15) is 11.6 Å². The lowest BCUT2D eigenvalue weighted by molar-refractivity contribution is 0.405. The van der Waals surface area contributed by atoms with Gasteiger partial charge in [0.2, 0.25) is 6.39 Å². The van der Waals surface area contributed by atoms with Gasteiger partial charge >= 0.3 is 0 Å². The summed E-state index contributed by atoms with van der Waals surface area (Å²) in [7, 11) is 0. The third-order valence-electron chi connectivity index (χ3n) is 1.62. The molecule has 0 atom stereocenters. The van der Waals surface area contributed by atoms with E-state index in [1.807, 2.05) is 6.07 Å². The third-order valence-corrected chi connectivity index (χ3v) is 1.82. The molecule has 0 unspecified atom stereocenters. The van der Waals surface area contributed by atoms with Gasteiger partial charge in [-0.1, -0.05) is 5.16 Å². The molecular formula is C8H8ClN3O2. The minimum Gasteiger partial charge on any atom is -0.448 e. The Balaban J connectivity index is 1.78. The van der Waals surface area contributed by atoms with Crippen molar-refractivity contribution >= 4 is 11.6 Å². The predicted molar refractivity (Wildman–Crippen MR) is 48.6 cm³/mol. The second-order valence-electron chi connectivity index (χ2n) is 2.66. The molecule has 2 aromatic heterocycles. The summed E-state index contributed by atoms with van der Waals surface area (Å²) in [6.45, 7) is 1.12. The summed E-state index contributed by atoms with van der Waals surface area (Å²) < 4.78 is 9.72. The van der Waals surface area contributed by atoms with Gasteiger partial charge in [0, 0.05) is 0 Å². The molecule has 6 heteroatoms. The quantitative estimate of drug-likeness (QED) is 0.836. The summed E-state index contributed by atoms with van der Waals surface area (Å²) >= 11 is 5.60. The molecule has 0 aromatic carbocycles. The zero-order valence-electron chi connectivity index (χ0n) is 7.24. The average molecular weight is 214 g/mol. The molecule has 2 aromatic rings. The molecule has 0 saturated carbocycles. The Morgan fingerprint density at radius 2 is 2.29 bits per heavy atom. The Hall–Kier alpha value is -1.33. The Labute approximate surface area is 85.1 Å². The molecule has 14 heavy (non-hydrogen) atoms. The number of nitrogens with one attached hydrogen (secondary N) is 1. The van der Waals surface area contributed by atoms with E-state index in [2.05, 4.69) is 20.0 Å². The second kappa shape index (κ2) is 4.26. The van der Waals surface area contributed by atoms with Crippen LogP contribution < -0.4 is 5.32 Å². The Kier molecular flexibility index (Phi) is 2.81. The zero-order chi connectivity index (χ0) is 9.80. The molecule has 0 bridgehead atoms. The fourth-order valence-corrected chi connectivity index (χ4v) is 1.18. The summed E-state index contributed by atoms with van der Waals surface area (Å²) in [6.07, 6.45) is 1.29. The number of hydrogen-bond donors (Lipinski definition) is 1. The maximum atomic E-state index is 5.60. The molecule has 0 amide bonds. The summed E-state index contributed by atoms with van der Waals surface area (Å²) in [4.78, 5) is 3.86. The van der Waals surface area contributed by atoms with Crippen molar-refractivity contribution in [3.05, 3.63) is 35.3 Å². The minimum atomic E-state index is 0.390. The highest BCUT2D eigenvalue weighted by Crippen LogP contribution is 2.12. The fourth-order valence-electron chi connectivity index (χ4n) is 1.01. The van der Waals surface area contributed by atoms with Crippen LogP contribution in [-0.4, -0.2) is 10.1 Å². The lowest BCUT2D eigenvalue weighted by Gasteiger charge is -1.97. The number of rotatable bonds is 4. The van der Waals surface area contributed by atoms with Crippen LogP contribution in [0.5, 0.6) is 0 Å². The van der Waals surface area contributed by atoms with Crippen molar-refractivity contribution in [3.63, 3.8) is 0 Å². The van der Waals surface area contributed by atoms with Gasteiger partial charge < -0.3 is 14.3 Å². The molecule has 0 radical (unpaired) electrons. The Bertz CT molecular complexity index is 385. The summed E-state index contributed by atoms with van der Waals surface area (Å²) in [5.74, 6) is 1.39. The van der Waals surface area contributed by atoms with Crippen molar-refractivity contribution in [3.8, 4) is 0 Å². The predicted octanol–water partition coefficient (Wildman–Crippen LogP) is 1.61. The lowest BCUT2D eigenvalue weighted by Crippen LogP contribution is -2.13. The Morgan fingerprint density at radius 1 is 1.36 bits per heavy atom. The van der Waals surface area contributed by atoms with E-state index < -0.39 is 0 Å². The van der Waals surface area contributed by atoms with Crippen molar-refractivity contribution in [1.29, 1.82) is 0 Å². The highest BCUT2D eigenvalue weighted by atomic mass is 35.5. The summed E-state index contributed by atoms with van der Waals surface area (Å²) in [6, 6.07) is 3.51. The van der Waals surface area contributed by atoms with Crippen LogP contribution in [0.15, 0.2) is 27.5 Å². The van der Waals surface area contributed by atoms with Crippen LogP contribution >= 0.6 is 11.6 Å². The van der Waals surface area contributed by atoms with Gasteiger partial charge in [0.15, 0.2) is 11.0 Å². The van der Waals surface area contributed by atoms with E-state index in [0.29, 0.717) is 24.1 Å². The smallest absolute Gasteiger partial charge is 0.213 e. The highest BCUT2D eigenvalue weighted by molar-refractivity contribution is 6.28. The molecule has 5 nitrogen and oxygen atoms in total. The van der Waals surface area contributed by atoms with Crippen molar-refractivity contribution in [2.24, 2.45) is 0 Å². The number of furan rings is 1. The normalized spacial score (nSPS) is 10.6. The molecule has 0 aliphatic heterocycles. The number of aromatic nitrogens is 2. The first-order chi connectivity index (χ1) is 6.84. The summed E-state index contributed by atoms with van der Waals surface area (Å²) in [5, 5.41) is 7.12. The van der Waals surface area contributed by atoms with Crippen LogP contribution in [0.4, 0.5) is 0 Å². The topological polar surface area (TPSA) is 64.1 Å². The van der Waals surface area contributed by atoms with Gasteiger partial charge in [0.1, 0.15) is 5.76 Å². The SMILES string of the molecule is Clc1ccc(CNCc2ncon2)o1. The second-order valence-corrected chi connectivity index (χ2v) is 3.03. The summed E-state index contributed by atoms with van der Waals surface area (Å²) in [5.41, 5.74) is 0. The van der Waals surface area contributed by atoms with Crippen molar-refractivity contribution < 1.29 is 8.94 Å². The number of nitrogens with zero attached hydrogens (tertiary/aromatic N) is 2. The van der Waals surface area contributed by atoms with Crippen molar-refractivity contribution in [1.82, 2.24) is 15.5 Å². The molecule has 0 fully saturated rings. The van der Waals surface area contributed by atoms with Crippen molar-refractivity contribution in [2.45, 2.75) is 13.1 Å². The lowest BCUT2D eigenvalue weighted by atomic mass is 10.4. The molecule has 0 saturated heterocycles. The molecule has 0 spiro atoms. The fraction of sp³-hybridized carbons (Fsp3) is 0.250. The molecule has 0 aliphatic rings. The van der Waals surface area contributed by atoms with Gasteiger partial charge in [-0.2, -0.15) is 4.98 Å². The van der Waals surface area contributed by atoms with Crippen LogP contribution in [0.3, 0.4) is 0 Å². The maximum Gasteiger partial charge on any atom is 0.213 e. The first kappa shape index (κ1) is 9.23. The highest BCUT2D eigenvalue weighted by Gasteiger charge is 2.00. The molecule has 1 N–H and O–H groups in total. The molecule has 74 valence electrons. The van der Waals surface area contributed by atoms with Gasteiger partial charge in [0.25, 0.3) is 0 Å². The van der Waals surface area contributed by atoms with Crippen molar-refractivity contribution in [2.75, 3.05) is 0 Å². The monoisotopic (exact) mass is 213 g/mol. The van der Waals surface area contributed by atoms with E-state index in [4.69, 9.17) is 16.0 Å². The largest absolute Gasteiger partial charge is 0.448 e. The first-order valence-corrected chi connectivity index (χ1v) is 4.42. The first-order valence-electron chi connectivity index (χ1n) is 4.05. The Morgan fingerprint density at radius 3 is 2.93 bits per heavy atom. The van der Waals surface area contributed by atoms with E-state index in [9.17, 15) is 0 Å². The van der Waals surface area contributed by atoms with Gasteiger partial charge in [0.05, 0.1) is 13.1 Å². The van der Waals surface area contributed by atoms with Gasteiger partial charge in [-0.25, -0.2) is 0 Å². The third kappa shape index (κ3) is 2.34. The van der Waals surface area contributed by atoms with Gasteiger partial charge in [-0.05, 0) is 23.7 Å². The van der Waals surface area contributed by atoms with Crippen LogP contribution in [0.25, 0.3) is 0 Å². The average Bonchev–Trinajstić information content (AvgIpc) is 2.77. The molecule has 0 aliphatic carbocycles.